The van der Waals surface area contributed by atoms with Gasteiger partial charge in [0.05, 0.1) is 6.04 Å². The second kappa shape index (κ2) is 11.1. The summed E-state index contributed by atoms with van der Waals surface area (Å²) in [5.41, 5.74) is 7.71. The molecule has 162 valence electrons. The van der Waals surface area contributed by atoms with Crippen molar-refractivity contribution in [3.8, 4) is 5.75 Å². The van der Waals surface area contributed by atoms with E-state index < -0.39 is 0 Å². The van der Waals surface area contributed by atoms with Crippen molar-refractivity contribution in [3.05, 3.63) is 102 Å². The Bertz CT molecular complexity index is 895. The quantitative estimate of drug-likeness (QED) is 0.423. The lowest BCUT2D eigenvalue weighted by molar-refractivity contribution is 0.0482. The number of rotatable bonds is 9. The van der Waals surface area contributed by atoms with Crippen LogP contribution in [-0.2, 0) is 13.0 Å². The number of hydrogen-bond donors (Lipinski definition) is 1. The molecule has 0 bridgehead atoms. The van der Waals surface area contributed by atoms with Crippen molar-refractivity contribution in [2.24, 2.45) is 5.92 Å². The minimum atomic E-state index is 0.411. The Labute approximate surface area is 187 Å². The monoisotopic (exact) mass is 414 g/mol. The van der Waals surface area contributed by atoms with Gasteiger partial charge in [-0.15, -0.1) is 0 Å². The summed E-state index contributed by atoms with van der Waals surface area (Å²) in [5.74, 6) is 1.56. The second-order valence-electron chi connectivity index (χ2n) is 8.60. The molecular formula is C28H34N2O. The molecule has 1 heterocycles. The SMILES string of the molecule is CC1CCCN(NCCCc2ccccc2)C1c1ccc(OCc2ccccc2)cc1. The molecule has 2 atom stereocenters. The Morgan fingerprint density at radius 2 is 1.55 bits per heavy atom. The number of piperidine rings is 1. The summed E-state index contributed by atoms with van der Waals surface area (Å²) in [5, 5.41) is 2.47. The first-order valence-corrected chi connectivity index (χ1v) is 11.6. The highest BCUT2D eigenvalue weighted by molar-refractivity contribution is 5.30. The molecule has 3 nitrogen and oxygen atoms in total. The third kappa shape index (κ3) is 6.19. The molecule has 0 spiro atoms. The molecule has 4 rings (SSSR count). The van der Waals surface area contributed by atoms with Crippen LogP contribution < -0.4 is 10.2 Å². The smallest absolute Gasteiger partial charge is 0.119 e. The van der Waals surface area contributed by atoms with Gasteiger partial charge in [0.25, 0.3) is 0 Å². The summed E-state index contributed by atoms with van der Waals surface area (Å²) in [4.78, 5) is 0. The Morgan fingerprint density at radius 3 is 2.26 bits per heavy atom. The number of aryl methyl sites for hydroxylation is 1. The third-order valence-corrected chi connectivity index (χ3v) is 6.20. The van der Waals surface area contributed by atoms with Crippen molar-refractivity contribution in [1.82, 2.24) is 10.4 Å². The normalized spacial score (nSPS) is 19.3. The van der Waals surface area contributed by atoms with Gasteiger partial charge in [0, 0.05) is 13.1 Å². The minimum Gasteiger partial charge on any atom is -0.489 e. The van der Waals surface area contributed by atoms with E-state index in [1.807, 2.05) is 18.2 Å². The Morgan fingerprint density at radius 1 is 0.871 bits per heavy atom. The third-order valence-electron chi connectivity index (χ3n) is 6.20. The molecule has 3 heteroatoms. The fourth-order valence-electron chi connectivity index (χ4n) is 4.54. The van der Waals surface area contributed by atoms with Crippen LogP contribution in [0.3, 0.4) is 0 Å². The molecule has 1 saturated heterocycles. The van der Waals surface area contributed by atoms with E-state index in [2.05, 4.69) is 84.1 Å². The second-order valence-corrected chi connectivity index (χ2v) is 8.60. The molecule has 3 aromatic rings. The number of ether oxygens (including phenoxy) is 1. The first-order chi connectivity index (χ1) is 15.3. The van der Waals surface area contributed by atoms with Gasteiger partial charge < -0.3 is 4.74 Å². The van der Waals surface area contributed by atoms with Crippen LogP contribution in [0.1, 0.15) is 48.9 Å². The molecule has 31 heavy (non-hydrogen) atoms. The van der Waals surface area contributed by atoms with Crippen LogP contribution in [0, 0.1) is 5.92 Å². The maximum atomic E-state index is 5.98. The van der Waals surface area contributed by atoms with Crippen LogP contribution in [0.25, 0.3) is 0 Å². The molecule has 0 aliphatic carbocycles. The van der Waals surface area contributed by atoms with E-state index >= 15 is 0 Å². The Hall–Kier alpha value is -2.62. The van der Waals surface area contributed by atoms with Crippen LogP contribution in [0.5, 0.6) is 5.75 Å². The zero-order valence-corrected chi connectivity index (χ0v) is 18.5. The van der Waals surface area contributed by atoms with Gasteiger partial charge in [-0.3, -0.25) is 5.43 Å². The fraction of sp³-hybridized carbons (Fsp3) is 0.357. The summed E-state index contributed by atoms with van der Waals surface area (Å²) in [6.45, 7) is 5.10. The predicted octanol–water partition coefficient (Wildman–Crippen LogP) is 6.18. The number of hydrogen-bond acceptors (Lipinski definition) is 3. The van der Waals surface area contributed by atoms with Crippen molar-refractivity contribution in [2.45, 2.75) is 45.3 Å². The van der Waals surface area contributed by atoms with Crippen molar-refractivity contribution >= 4 is 0 Å². The van der Waals surface area contributed by atoms with E-state index in [4.69, 9.17) is 4.74 Å². The van der Waals surface area contributed by atoms with Crippen molar-refractivity contribution in [2.75, 3.05) is 13.1 Å². The van der Waals surface area contributed by atoms with Crippen molar-refractivity contribution < 1.29 is 4.74 Å². The molecule has 0 radical (unpaired) electrons. The van der Waals surface area contributed by atoms with Gasteiger partial charge in [0.2, 0.25) is 0 Å². The molecule has 1 fully saturated rings. The summed E-state index contributed by atoms with van der Waals surface area (Å²) in [6.07, 6.45) is 4.80. The molecule has 2 unspecified atom stereocenters. The maximum absolute atomic E-state index is 5.98. The summed E-state index contributed by atoms with van der Waals surface area (Å²) < 4.78 is 5.98. The van der Waals surface area contributed by atoms with Gasteiger partial charge in [-0.25, -0.2) is 5.01 Å². The number of nitrogens with one attached hydrogen (secondary N) is 1. The average molecular weight is 415 g/mol. The minimum absolute atomic E-state index is 0.411. The zero-order chi connectivity index (χ0) is 21.3. The predicted molar refractivity (Wildman–Crippen MR) is 128 cm³/mol. The van der Waals surface area contributed by atoms with E-state index in [9.17, 15) is 0 Å². The highest BCUT2D eigenvalue weighted by Crippen LogP contribution is 2.35. The van der Waals surface area contributed by atoms with Gasteiger partial charge in [0.1, 0.15) is 12.4 Å². The van der Waals surface area contributed by atoms with Crippen molar-refractivity contribution in [3.63, 3.8) is 0 Å². The van der Waals surface area contributed by atoms with Crippen LogP contribution in [-0.4, -0.2) is 18.1 Å². The van der Waals surface area contributed by atoms with Gasteiger partial charge in [-0.2, -0.15) is 0 Å². The molecular weight excluding hydrogens is 380 g/mol. The maximum Gasteiger partial charge on any atom is 0.119 e. The lowest BCUT2D eigenvalue weighted by Crippen LogP contribution is -2.47. The first-order valence-electron chi connectivity index (χ1n) is 11.6. The van der Waals surface area contributed by atoms with Crippen LogP contribution in [0.4, 0.5) is 0 Å². The molecule has 0 aromatic heterocycles. The van der Waals surface area contributed by atoms with Gasteiger partial charge >= 0.3 is 0 Å². The van der Waals surface area contributed by atoms with E-state index in [0.717, 1.165) is 31.7 Å². The average Bonchev–Trinajstić information content (AvgIpc) is 2.82. The number of nitrogens with zero attached hydrogens (tertiary/aromatic N) is 1. The van der Waals surface area contributed by atoms with E-state index in [-0.39, 0.29) is 0 Å². The topological polar surface area (TPSA) is 24.5 Å². The van der Waals surface area contributed by atoms with Gasteiger partial charge in [-0.05, 0) is 60.4 Å². The van der Waals surface area contributed by atoms with Gasteiger partial charge in [-0.1, -0.05) is 79.7 Å². The highest BCUT2D eigenvalue weighted by Gasteiger charge is 2.29. The van der Waals surface area contributed by atoms with E-state index in [0.29, 0.717) is 18.6 Å². The standard InChI is InChI=1S/C28H34N2O/c1-23-10-9-21-30(29-20-8-15-24-11-4-2-5-12-24)28(23)26-16-18-27(19-17-26)31-22-25-13-6-3-7-14-25/h2-7,11-14,16-19,23,28-29H,8-10,15,20-22H2,1H3. The Kier molecular flexibility index (Phi) is 7.76. The first kappa shape index (κ1) is 21.6. The van der Waals surface area contributed by atoms with Crippen LogP contribution >= 0.6 is 0 Å². The molecule has 0 saturated carbocycles. The lowest BCUT2D eigenvalue weighted by Gasteiger charge is -2.40. The lowest BCUT2D eigenvalue weighted by atomic mass is 9.87. The zero-order valence-electron chi connectivity index (χ0n) is 18.5. The van der Waals surface area contributed by atoms with Gasteiger partial charge in [0.15, 0.2) is 0 Å². The molecule has 1 aliphatic heterocycles. The molecule has 1 aliphatic rings. The summed E-state index contributed by atoms with van der Waals surface area (Å²) >= 11 is 0. The fourth-order valence-corrected chi connectivity index (χ4v) is 4.54. The Balaban J connectivity index is 1.32. The number of hydrazine groups is 1. The van der Waals surface area contributed by atoms with Crippen LogP contribution in [0.15, 0.2) is 84.9 Å². The largest absolute Gasteiger partial charge is 0.489 e. The van der Waals surface area contributed by atoms with Crippen molar-refractivity contribution in [1.29, 1.82) is 0 Å². The summed E-state index contributed by atoms with van der Waals surface area (Å²) in [7, 11) is 0. The molecule has 0 amide bonds. The molecule has 3 aromatic carbocycles. The molecule has 1 N–H and O–H groups in total. The van der Waals surface area contributed by atoms with E-state index in [1.54, 1.807) is 0 Å². The highest BCUT2D eigenvalue weighted by atomic mass is 16.5. The summed E-state index contributed by atoms with van der Waals surface area (Å²) in [6, 6.07) is 30.2. The van der Waals surface area contributed by atoms with E-state index in [1.165, 1.54) is 29.5 Å². The number of benzene rings is 3. The van der Waals surface area contributed by atoms with Crippen LogP contribution in [0.2, 0.25) is 0 Å².